The number of hydrogen-bond donors (Lipinski definition) is 0. The normalized spacial score (nSPS) is 17.7. The Bertz CT molecular complexity index is 1100. The number of ether oxygens (including phenoxy) is 2. The van der Waals surface area contributed by atoms with E-state index in [0.717, 1.165) is 29.4 Å². The van der Waals surface area contributed by atoms with Crippen molar-refractivity contribution in [3.05, 3.63) is 65.6 Å². The lowest BCUT2D eigenvalue weighted by Gasteiger charge is -2.28. The fraction of sp³-hybridized carbons (Fsp3) is 0.261. The highest BCUT2D eigenvalue weighted by Crippen LogP contribution is 2.36. The number of rotatable bonds is 6. The lowest BCUT2D eigenvalue weighted by atomic mass is 10.1. The van der Waals surface area contributed by atoms with E-state index in [0.29, 0.717) is 44.2 Å². The Balaban J connectivity index is 1.53. The molecule has 33 heavy (non-hydrogen) atoms. The van der Waals surface area contributed by atoms with Crippen molar-refractivity contribution >= 4 is 80.1 Å². The summed E-state index contributed by atoms with van der Waals surface area (Å²) >= 11 is 5.26. The molecule has 0 aromatic heterocycles. The van der Waals surface area contributed by atoms with E-state index in [1.807, 2.05) is 42.5 Å². The van der Waals surface area contributed by atoms with Crippen LogP contribution in [-0.2, 0) is 20.9 Å². The Hall–Kier alpha value is -1.64. The van der Waals surface area contributed by atoms with E-state index in [4.69, 9.17) is 9.47 Å². The molecule has 4 rings (SSSR count). The van der Waals surface area contributed by atoms with Gasteiger partial charge < -0.3 is 14.4 Å². The first-order chi connectivity index (χ1) is 15.9. The quantitative estimate of drug-likeness (QED) is 0.332. The van der Waals surface area contributed by atoms with Gasteiger partial charge >= 0.3 is 0 Å². The van der Waals surface area contributed by atoms with Gasteiger partial charge in [-0.2, -0.15) is 0 Å². The topological polar surface area (TPSA) is 76.2 Å². The third kappa shape index (κ3) is 6.08. The predicted molar refractivity (Wildman–Crippen MR) is 143 cm³/mol. The molecule has 2 aliphatic rings. The number of morpholine rings is 1. The summed E-state index contributed by atoms with van der Waals surface area (Å²) in [5, 5.41) is -0.445. The van der Waals surface area contributed by atoms with Crippen LogP contribution in [0, 0.1) is 7.14 Å². The molecule has 10 heteroatoms. The molecule has 2 aromatic rings. The van der Waals surface area contributed by atoms with Gasteiger partial charge in [-0.15, -0.1) is 0 Å². The van der Waals surface area contributed by atoms with Crippen LogP contribution in [0.25, 0.3) is 6.08 Å². The second-order valence-electron chi connectivity index (χ2n) is 7.34. The molecule has 0 atom stereocenters. The highest BCUT2D eigenvalue weighted by molar-refractivity contribution is 14.1. The SMILES string of the molecule is O=C(CN1C(=O)S/C(=C\c2cc(I)cc(I)c2OCc2ccccc2)C1=O)N1CCOCC1. The van der Waals surface area contributed by atoms with Crippen LogP contribution in [-0.4, -0.2) is 59.7 Å². The Labute approximate surface area is 223 Å². The van der Waals surface area contributed by atoms with Crippen LogP contribution in [0.4, 0.5) is 4.79 Å². The van der Waals surface area contributed by atoms with Gasteiger partial charge in [0, 0.05) is 22.2 Å². The van der Waals surface area contributed by atoms with Crippen molar-refractivity contribution in [3.63, 3.8) is 0 Å². The summed E-state index contributed by atoms with van der Waals surface area (Å²) in [6.07, 6.45) is 1.68. The maximum atomic E-state index is 13.0. The van der Waals surface area contributed by atoms with E-state index < -0.39 is 11.1 Å². The molecule has 7 nitrogen and oxygen atoms in total. The molecule has 0 bridgehead atoms. The molecule has 2 saturated heterocycles. The monoisotopic (exact) mass is 690 g/mol. The summed E-state index contributed by atoms with van der Waals surface area (Å²) < 4.78 is 13.3. The van der Waals surface area contributed by atoms with Crippen LogP contribution >= 0.6 is 56.9 Å². The van der Waals surface area contributed by atoms with Crippen LogP contribution < -0.4 is 4.74 Å². The molecule has 0 saturated carbocycles. The predicted octanol–water partition coefficient (Wildman–Crippen LogP) is 4.37. The van der Waals surface area contributed by atoms with Gasteiger partial charge in [0.15, 0.2) is 0 Å². The molecule has 0 radical (unpaired) electrons. The molecule has 0 unspecified atom stereocenters. The van der Waals surface area contributed by atoms with Crippen LogP contribution in [0.2, 0.25) is 0 Å². The molecule has 172 valence electrons. The summed E-state index contributed by atoms with van der Waals surface area (Å²) in [4.78, 5) is 41.0. The number of thioether (sulfide) groups is 1. The van der Waals surface area contributed by atoms with E-state index >= 15 is 0 Å². The van der Waals surface area contributed by atoms with E-state index in [1.165, 1.54) is 0 Å². The van der Waals surface area contributed by atoms with Gasteiger partial charge in [-0.3, -0.25) is 19.3 Å². The van der Waals surface area contributed by atoms with E-state index in [9.17, 15) is 14.4 Å². The third-order valence-electron chi connectivity index (χ3n) is 5.08. The summed E-state index contributed by atoms with van der Waals surface area (Å²) in [5.74, 6) is -0.0666. The summed E-state index contributed by atoms with van der Waals surface area (Å²) in [7, 11) is 0. The van der Waals surface area contributed by atoms with E-state index in [-0.39, 0.29) is 17.4 Å². The molecule has 3 amide bonds. The molecule has 2 aromatic carbocycles. The number of benzene rings is 2. The molecule has 0 spiro atoms. The smallest absolute Gasteiger partial charge is 0.294 e. The maximum absolute atomic E-state index is 13.0. The number of halogens is 2. The number of hydrogen-bond acceptors (Lipinski definition) is 6. The van der Waals surface area contributed by atoms with Crippen molar-refractivity contribution < 1.29 is 23.9 Å². The second-order valence-corrected chi connectivity index (χ2v) is 10.7. The Morgan fingerprint density at radius 1 is 1.12 bits per heavy atom. The first-order valence-electron chi connectivity index (χ1n) is 10.2. The molecule has 2 fully saturated rings. The average Bonchev–Trinajstić information content (AvgIpc) is 3.07. The summed E-state index contributed by atoms with van der Waals surface area (Å²) in [6, 6.07) is 13.7. The zero-order valence-corrected chi connectivity index (χ0v) is 22.6. The largest absolute Gasteiger partial charge is 0.487 e. The average molecular weight is 690 g/mol. The van der Waals surface area contributed by atoms with Crippen molar-refractivity contribution in [2.75, 3.05) is 32.8 Å². The first-order valence-corrected chi connectivity index (χ1v) is 13.2. The van der Waals surface area contributed by atoms with Gasteiger partial charge in [0.05, 0.1) is 21.7 Å². The van der Waals surface area contributed by atoms with Crippen molar-refractivity contribution in [3.8, 4) is 5.75 Å². The zero-order valence-electron chi connectivity index (χ0n) is 17.5. The van der Waals surface area contributed by atoms with Gasteiger partial charge in [0.2, 0.25) is 5.91 Å². The first kappa shape index (κ1) is 24.5. The van der Waals surface area contributed by atoms with Crippen LogP contribution in [0.1, 0.15) is 11.1 Å². The fourth-order valence-corrected chi connectivity index (χ4v) is 6.27. The minimum absolute atomic E-state index is 0.252. The van der Waals surface area contributed by atoms with Crippen molar-refractivity contribution in [1.82, 2.24) is 9.80 Å². The number of carbonyl (C=O) groups is 3. The lowest BCUT2D eigenvalue weighted by Crippen LogP contribution is -2.46. The van der Waals surface area contributed by atoms with Gasteiger partial charge in [-0.1, -0.05) is 30.3 Å². The standard InChI is InChI=1S/C23H20I2N2O5S/c24-17-10-16(21(18(25)12-17)32-14-15-4-2-1-3-5-15)11-19-22(29)27(23(30)33-19)13-20(28)26-6-8-31-9-7-26/h1-5,10-12H,6-9,13-14H2/b19-11-. The van der Waals surface area contributed by atoms with Crippen molar-refractivity contribution in [1.29, 1.82) is 0 Å². The molecule has 2 aliphatic heterocycles. The van der Waals surface area contributed by atoms with Crippen LogP contribution in [0.3, 0.4) is 0 Å². The van der Waals surface area contributed by atoms with E-state index in [1.54, 1.807) is 11.0 Å². The zero-order chi connectivity index (χ0) is 23.4. The van der Waals surface area contributed by atoms with Gasteiger partial charge in [0.25, 0.3) is 11.1 Å². The summed E-state index contributed by atoms with van der Waals surface area (Å²) in [5.41, 5.74) is 1.74. The van der Waals surface area contributed by atoms with Crippen LogP contribution in [0.5, 0.6) is 5.75 Å². The minimum Gasteiger partial charge on any atom is -0.487 e. The molecule has 0 aliphatic carbocycles. The Morgan fingerprint density at radius 2 is 1.85 bits per heavy atom. The van der Waals surface area contributed by atoms with Gasteiger partial charge in [-0.05, 0) is 80.7 Å². The second kappa shape index (κ2) is 11.2. The molecule has 2 heterocycles. The Kier molecular flexibility index (Phi) is 8.30. The number of amides is 3. The van der Waals surface area contributed by atoms with Crippen molar-refractivity contribution in [2.24, 2.45) is 0 Å². The number of imide groups is 1. The molecular weight excluding hydrogens is 670 g/mol. The van der Waals surface area contributed by atoms with Crippen molar-refractivity contribution in [2.45, 2.75) is 6.61 Å². The third-order valence-corrected chi connectivity index (χ3v) is 7.41. The highest BCUT2D eigenvalue weighted by Gasteiger charge is 2.37. The summed E-state index contributed by atoms with van der Waals surface area (Å²) in [6.45, 7) is 1.98. The van der Waals surface area contributed by atoms with E-state index in [2.05, 4.69) is 45.2 Å². The number of carbonyl (C=O) groups excluding carboxylic acids is 3. The number of nitrogens with zero attached hydrogens (tertiary/aromatic N) is 2. The van der Waals surface area contributed by atoms with Gasteiger partial charge in [-0.25, -0.2) is 0 Å². The molecule has 0 N–H and O–H groups in total. The fourth-order valence-electron chi connectivity index (χ4n) is 3.40. The maximum Gasteiger partial charge on any atom is 0.294 e. The minimum atomic E-state index is -0.463. The highest BCUT2D eigenvalue weighted by atomic mass is 127. The lowest BCUT2D eigenvalue weighted by molar-refractivity contribution is -0.139. The van der Waals surface area contributed by atoms with Crippen LogP contribution in [0.15, 0.2) is 47.4 Å². The molecular formula is C23H20I2N2O5S. The van der Waals surface area contributed by atoms with Gasteiger partial charge in [0.1, 0.15) is 18.9 Å². The Morgan fingerprint density at radius 3 is 2.58 bits per heavy atom.